The fourth-order valence-electron chi connectivity index (χ4n) is 2.34. The van der Waals surface area contributed by atoms with Crippen molar-refractivity contribution in [2.75, 3.05) is 20.6 Å². The van der Waals surface area contributed by atoms with E-state index >= 15 is 0 Å². The predicted octanol–water partition coefficient (Wildman–Crippen LogP) is 2.07. The summed E-state index contributed by atoms with van der Waals surface area (Å²) in [6.07, 6.45) is 0. The van der Waals surface area contributed by atoms with Gasteiger partial charge in [0.2, 0.25) is 10.0 Å². The van der Waals surface area contributed by atoms with Gasteiger partial charge in [-0.3, -0.25) is 0 Å². The second-order valence-electron chi connectivity index (χ2n) is 5.26. The molecule has 1 unspecified atom stereocenters. The maximum absolute atomic E-state index is 12.5. The minimum absolute atomic E-state index is 0.144. The molecule has 0 spiro atoms. The summed E-state index contributed by atoms with van der Waals surface area (Å²) in [5, 5.41) is 1.68. The average molecular weight is 292 g/mol. The highest BCUT2D eigenvalue weighted by molar-refractivity contribution is 7.89. The molecule has 0 aliphatic heterocycles. The summed E-state index contributed by atoms with van der Waals surface area (Å²) in [4.78, 5) is 2.29. The lowest BCUT2D eigenvalue weighted by Gasteiger charge is -2.19. The van der Waals surface area contributed by atoms with Crippen molar-refractivity contribution in [3.05, 3.63) is 42.5 Å². The van der Waals surface area contributed by atoms with Crippen molar-refractivity contribution in [1.82, 2.24) is 9.62 Å². The summed E-state index contributed by atoms with van der Waals surface area (Å²) >= 11 is 0. The first-order chi connectivity index (χ1) is 9.40. The van der Waals surface area contributed by atoms with E-state index in [0.29, 0.717) is 11.4 Å². The van der Waals surface area contributed by atoms with Gasteiger partial charge < -0.3 is 4.90 Å². The van der Waals surface area contributed by atoms with Crippen LogP contribution < -0.4 is 4.72 Å². The number of benzene rings is 2. The van der Waals surface area contributed by atoms with E-state index in [2.05, 4.69) is 4.72 Å². The maximum atomic E-state index is 12.5. The number of rotatable bonds is 5. The third kappa shape index (κ3) is 3.36. The van der Waals surface area contributed by atoms with Gasteiger partial charge in [-0.15, -0.1) is 0 Å². The molecule has 2 aromatic rings. The zero-order valence-corrected chi connectivity index (χ0v) is 12.8. The molecule has 1 atom stereocenters. The standard InChI is InChI=1S/C15H20N2O2S/c1-12(11-17(2)3)16-20(18,19)15-10-6-8-13-7-4-5-9-14(13)15/h4-10,12,16H,11H2,1-3H3. The molecule has 0 fully saturated rings. The largest absolute Gasteiger partial charge is 0.308 e. The summed E-state index contributed by atoms with van der Waals surface area (Å²) in [5.74, 6) is 0. The summed E-state index contributed by atoms with van der Waals surface area (Å²) in [6.45, 7) is 2.52. The Balaban J connectivity index is 2.37. The average Bonchev–Trinajstić information content (AvgIpc) is 2.36. The highest BCUT2D eigenvalue weighted by Gasteiger charge is 2.19. The number of nitrogens with one attached hydrogen (secondary N) is 1. The van der Waals surface area contributed by atoms with Crippen LogP contribution in [0.1, 0.15) is 6.92 Å². The van der Waals surface area contributed by atoms with E-state index in [1.54, 1.807) is 12.1 Å². The van der Waals surface area contributed by atoms with Crippen LogP contribution in [-0.2, 0) is 10.0 Å². The molecule has 5 heteroatoms. The molecule has 4 nitrogen and oxygen atoms in total. The van der Waals surface area contributed by atoms with E-state index in [0.717, 1.165) is 10.8 Å². The Morgan fingerprint density at radius 1 is 1.10 bits per heavy atom. The molecule has 1 N–H and O–H groups in total. The van der Waals surface area contributed by atoms with Crippen molar-refractivity contribution < 1.29 is 8.42 Å². The molecule has 0 bridgehead atoms. The van der Waals surface area contributed by atoms with Crippen molar-refractivity contribution in [3.63, 3.8) is 0 Å². The first kappa shape index (κ1) is 15.0. The molecule has 0 amide bonds. The zero-order chi connectivity index (χ0) is 14.8. The first-order valence-corrected chi connectivity index (χ1v) is 8.03. The molecule has 0 aliphatic carbocycles. The number of likely N-dealkylation sites (N-methyl/N-ethyl adjacent to an activating group) is 1. The predicted molar refractivity (Wildman–Crippen MR) is 82.3 cm³/mol. The van der Waals surface area contributed by atoms with Gasteiger partial charge in [-0.1, -0.05) is 36.4 Å². The third-order valence-electron chi connectivity index (χ3n) is 3.03. The highest BCUT2D eigenvalue weighted by Crippen LogP contribution is 2.22. The minimum atomic E-state index is -3.51. The number of nitrogens with zero attached hydrogens (tertiary/aromatic N) is 1. The molecule has 0 saturated carbocycles. The summed E-state index contributed by atoms with van der Waals surface area (Å²) in [6, 6.07) is 12.7. The van der Waals surface area contributed by atoms with Gasteiger partial charge in [-0.25, -0.2) is 13.1 Å². The summed E-state index contributed by atoms with van der Waals surface area (Å²) in [5.41, 5.74) is 0. The van der Waals surface area contributed by atoms with E-state index in [-0.39, 0.29) is 6.04 Å². The van der Waals surface area contributed by atoms with Crippen molar-refractivity contribution in [2.24, 2.45) is 0 Å². The Bertz CT molecular complexity index is 691. The number of hydrogen-bond acceptors (Lipinski definition) is 3. The zero-order valence-electron chi connectivity index (χ0n) is 12.0. The molecule has 0 radical (unpaired) electrons. The van der Waals surface area contributed by atoms with Crippen LogP contribution in [-0.4, -0.2) is 40.0 Å². The van der Waals surface area contributed by atoms with Crippen LogP contribution in [0.2, 0.25) is 0 Å². The fourth-order valence-corrected chi connectivity index (χ4v) is 3.81. The molecular formula is C15H20N2O2S. The van der Waals surface area contributed by atoms with E-state index in [9.17, 15) is 8.42 Å². The molecule has 0 aromatic heterocycles. The second-order valence-corrected chi connectivity index (χ2v) is 6.94. The monoisotopic (exact) mass is 292 g/mol. The number of fused-ring (bicyclic) bond motifs is 1. The van der Waals surface area contributed by atoms with Crippen LogP contribution in [0.5, 0.6) is 0 Å². The third-order valence-corrected chi connectivity index (χ3v) is 4.68. The normalized spacial score (nSPS) is 13.8. The smallest absolute Gasteiger partial charge is 0.241 e. The van der Waals surface area contributed by atoms with Gasteiger partial charge >= 0.3 is 0 Å². The second kappa shape index (κ2) is 5.91. The van der Waals surface area contributed by atoms with Gasteiger partial charge in [-0.05, 0) is 32.5 Å². The van der Waals surface area contributed by atoms with E-state index in [1.807, 2.05) is 56.3 Å². The molecule has 2 aromatic carbocycles. The van der Waals surface area contributed by atoms with Crippen LogP contribution in [0.15, 0.2) is 47.4 Å². The van der Waals surface area contributed by atoms with E-state index < -0.39 is 10.0 Å². The molecule has 0 heterocycles. The van der Waals surface area contributed by atoms with Crippen LogP contribution >= 0.6 is 0 Å². The van der Waals surface area contributed by atoms with Crippen molar-refractivity contribution >= 4 is 20.8 Å². The minimum Gasteiger partial charge on any atom is -0.308 e. The van der Waals surface area contributed by atoms with Crippen molar-refractivity contribution in [3.8, 4) is 0 Å². The number of sulfonamides is 1. The quantitative estimate of drug-likeness (QED) is 0.918. The van der Waals surface area contributed by atoms with Gasteiger partial charge in [0.25, 0.3) is 0 Å². The molecule has 20 heavy (non-hydrogen) atoms. The van der Waals surface area contributed by atoms with Gasteiger partial charge in [0.1, 0.15) is 0 Å². The Labute approximate surface area is 120 Å². The summed E-state index contributed by atoms with van der Waals surface area (Å²) in [7, 11) is 0.330. The Kier molecular flexibility index (Phi) is 4.42. The topological polar surface area (TPSA) is 49.4 Å². The molecule has 2 rings (SSSR count). The number of hydrogen-bond donors (Lipinski definition) is 1. The molecule has 0 aliphatic rings. The van der Waals surface area contributed by atoms with Crippen LogP contribution in [0.3, 0.4) is 0 Å². The fraction of sp³-hybridized carbons (Fsp3) is 0.333. The lowest BCUT2D eigenvalue weighted by atomic mass is 10.1. The highest BCUT2D eigenvalue weighted by atomic mass is 32.2. The summed E-state index contributed by atoms with van der Waals surface area (Å²) < 4.78 is 27.7. The SMILES string of the molecule is CC(CN(C)C)NS(=O)(=O)c1cccc2ccccc12. The van der Waals surface area contributed by atoms with Gasteiger partial charge in [0, 0.05) is 18.0 Å². The van der Waals surface area contributed by atoms with Gasteiger partial charge in [0.15, 0.2) is 0 Å². The lowest BCUT2D eigenvalue weighted by Crippen LogP contribution is -2.39. The Hall–Kier alpha value is -1.43. The van der Waals surface area contributed by atoms with Crippen LogP contribution in [0, 0.1) is 0 Å². The van der Waals surface area contributed by atoms with E-state index in [1.165, 1.54) is 0 Å². The van der Waals surface area contributed by atoms with Gasteiger partial charge in [-0.2, -0.15) is 0 Å². The van der Waals surface area contributed by atoms with Crippen LogP contribution in [0.4, 0.5) is 0 Å². The van der Waals surface area contributed by atoms with Crippen molar-refractivity contribution in [1.29, 1.82) is 0 Å². The van der Waals surface area contributed by atoms with Crippen LogP contribution in [0.25, 0.3) is 10.8 Å². The first-order valence-electron chi connectivity index (χ1n) is 6.55. The van der Waals surface area contributed by atoms with Gasteiger partial charge in [0.05, 0.1) is 4.90 Å². The molecule has 108 valence electrons. The lowest BCUT2D eigenvalue weighted by molar-refractivity contribution is 0.370. The van der Waals surface area contributed by atoms with E-state index in [4.69, 9.17) is 0 Å². The maximum Gasteiger partial charge on any atom is 0.241 e. The Morgan fingerprint density at radius 2 is 1.75 bits per heavy atom. The molecular weight excluding hydrogens is 272 g/mol. The van der Waals surface area contributed by atoms with Crippen molar-refractivity contribution in [2.45, 2.75) is 17.9 Å². The molecule has 0 saturated heterocycles. The Morgan fingerprint density at radius 3 is 2.45 bits per heavy atom.